The number of hydrogen-bond donors (Lipinski definition) is 1. The minimum atomic E-state index is 0.254. The van der Waals surface area contributed by atoms with E-state index >= 15 is 0 Å². The fraction of sp³-hybridized carbons (Fsp3) is 0.190. The van der Waals surface area contributed by atoms with Gasteiger partial charge >= 0.3 is 0 Å². The minimum Gasteiger partial charge on any atom is -0.369 e. The van der Waals surface area contributed by atoms with Gasteiger partial charge in [-0.05, 0) is 30.7 Å². The molecule has 0 spiro atoms. The first kappa shape index (κ1) is 17.0. The number of benzene rings is 1. The van der Waals surface area contributed by atoms with Crippen molar-refractivity contribution in [2.75, 3.05) is 11.9 Å². The van der Waals surface area contributed by atoms with Gasteiger partial charge in [0.25, 0.3) is 0 Å². The summed E-state index contributed by atoms with van der Waals surface area (Å²) in [7, 11) is 0. The predicted molar refractivity (Wildman–Crippen MR) is 106 cm³/mol. The molecular formula is C21H20N6. The van der Waals surface area contributed by atoms with Crippen molar-refractivity contribution in [1.82, 2.24) is 24.9 Å². The molecule has 1 atom stereocenters. The molecule has 0 radical (unpaired) electrons. The normalized spacial score (nSPS) is 12.1. The molecule has 0 bridgehead atoms. The van der Waals surface area contributed by atoms with E-state index < -0.39 is 0 Å². The van der Waals surface area contributed by atoms with Gasteiger partial charge in [0.15, 0.2) is 0 Å². The molecule has 4 aromatic rings. The largest absolute Gasteiger partial charge is 0.369 e. The van der Waals surface area contributed by atoms with Crippen LogP contribution in [0.2, 0.25) is 0 Å². The molecular weight excluding hydrogens is 336 g/mol. The molecule has 0 unspecified atom stereocenters. The lowest BCUT2D eigenvalue weighted by Gasteiger charge is -2.15. The van der Waals surface area contributed by atoms with Crippen LogP contribution < -0.4 is 5.32 Å². The Hall–Kier alpha value is -3.41. The van der Waals surface area contributed by atoms with Crippen molar-refractivity contribution in [2.45, 2.75) is 19.8 Å². The van der Waals surface area contributed by atoms with Gasteiger partial charge in [-0.1, -0.05) is 19.1 Å². The van der Waals surface area contributed by atoms with Crippen LogP contribution in [0.15, 0.2) is 61.3 Å². The Labute approximate surface area is 157 Å². The molecule has 0 aliphatic rings. The van der Waals surface area contributed by atoms with E-state index in [0.717, 1.165) is 40.3 Å². The van der Waals surface area contributed by atoms with E-state index in [1.807, 2.05) is 43.5 Å². The van der Waals surface area contributed by atoms with Crippen molar-refractivity contribution in [3.8, 4) is 11.3 Å². The van der Waals surface area contributed by atoms with Crippen molar-refractivity contribution in [1.29, 1.82) is 0 Å². The molecule has 1 aromatic carbocycles. The summed E-state index contributed by atoms with van der Waals surface area (Å²) in [4.78, 5) is 21.9. The van der Waals surface area contributed by atoms with Crippen molar-refractivity contribution in [3.05, 3.63) is 72.6 Å². The maximum absolute atomic E-state index is 4.50. The molecule has 0 saturated heterocycles. The van der Waals surface area contributed by atoms with Gasteiger partial charge in [0.05, 0.1) is 16.7 Å². The summed E-state index contributed by atoms with van der Waals surface area (Å²) >= 11 is 0. The highest BCUT2D eigenvalue weighted by Crippen LogP contribution is 2.24. The van der Waals surface area contributed by atoms with E-state index in [1.165, 1.54) is 5.56 Å². The van der Waals surface area contributed by atoms with Crippen molar-refractivity contribution in [3.63, 3.8) is 0 Å². The zero-order chi connectivity index (χ0) is 18.6. The molecule has 134 valence electrons. The summed E-state index contributed by atoms with van der Waals surface area (Å²) in [6, 6.07) is 12.1. The van der Waals surface area contributed by atoms with Crippen molar-refractivity contribution in [2.24, 2.45) is 0 Å². The van der Waals surface area contributed by atoms with Crippen LogP contribution in [0.4, 0.5) is 5.82 Å². The summed E-state index contributed by atoms with van der Waals surface area (Å²) in [5, 5.41) is 3.41. The number of nitrogens with zero attached hydrogens (tertiary/aromatic N) is 5. The Morgan fingerprint density at radius 1 is 0.963 bits per heavy atom. The quantitative estimate of drug-likeness (QED) is 0.582. The summed E-state index contributed by atoms with van der Waals surface area (Å²) in [6.07, 6.45) is 6.86. The number of para-hydroxylation sites is 1. The maximum atomic E-state index is 4.50. The van der Waals surface area contributed by atoms with Gasteiger partial charge in [-0.15, -0.1) is 0 Å². The lowest BCUT2D eigenvalue weighted by molar-refractivity contribution is 0.805. The van der Waals surface area contributed by atoms with E-state index in [1.54, 1.807) is 18.7 Å². The molecule has 3 heterocycles. The smallest absolute Gasteiger partial charge is 0.129 e. The molecule has 0 aliphatic heterocycles. The number of anilines is 1. The molecule has 0 fully saturated rings. The second-order valence-electron chi connectivity index (χ2n) is 6.53. The Balaban J connectivity index is 1.51. The number of pyridine rings is 1. The van der Waals surface area contributed by atoms with Gasteiger partial charge in [0, 0.05) is 48.4 Å². The number of aromatic nitrogens is 5. The van der Waals surface area contributed by atoms with Gasteiger partial charge in [-0.25, -0.2) is 9.97 Å². The highest BCUT2D eigenvalue weighted by molar-refractivity contribution is 5.78. The number of fused-ring (bicyclic) bond motifs is 1. The highest BCUT2D eigenvalue weighted by atomic mass is 15.0. The lowest BCUT2D eigenvalue weighted by atomic mass is 9.99. The van der Waals surface area contributed by atoms with Gasteiger partial charge in [0.1, 0.15) is 12.1 Å². The fourth-order valence-electron chi connectivity index (χ4n) is 3.01. The second kappa shape index (κ2) is 7.45. The Kier molecular flexibility index (Phi) is 4.70. The van der Waals surface area contributed by atoms with Crippen LogP contribution in [0.25, 0.3) is 22.3 Å². The van der Waals surface area contributed by atoms with Crippen molar-refractivity contribution < 1.29 is 0 Å². The first-order valence-electron chi connectivity index (χ1n) is 8.89. The number of hydrogen-bond acceptors (Lipinski definition) is 6. The molecule has 1 N–H and O–H groups in total. The topological polar surface area (TPSA) is 76.5 Å². The molecule has 4 rings (SSSR count). The van der Waals surface area contributed by atoms with Crippen LogP contribution in [0.1, 0.15) is 24.1 Å². The zero-order valence-electron chi connectivity index (χ0n) is 15.3. The molecule has 6 heteroatoms. The molecule has 0 aliphatic carbocycles. The van der Waals surface area contributed by atoms with E-state index in [2.05, 4.69) is 43.2 Å². The second-order valence-corrected chi connectivity index (χ2v) is 6.53. The van der Waals surface area contributed by atoms with Crippen LogP contribution in [0.3, 0.4) is 0 Å². The Bertz CT molecular complexity index is 1060. The third-order valence-electron chi connectivity index (χ3n) is 4.52. The van der Waals surface area contributed by atoms with Gasteiger partial charge in [0.2, 0.25) is 0 Å². The number of aryl methyl sites for hydroxylation is 1. The number of rotatable bonds is 5. The monoisotopic (exact) mass is 356 g/mol. The summed E-state index contributed by atoms with van der Waals surface area (Å²) in [6.45, 7) is 4.87. The third kappa shape index (κ3) is 3.74. The molecule has 27 heavy (non-hydrogen) atoms. The Morgan fingerprint density at radius 2 is 1.85 bits per heavy atom. The minimum absolute atomic E-state index is 0.254. The van der Waals surface area contributed by atoms with Crippen LogP contribution >= 0.6 is 0 Å². The van der Waals surface area contributed by atoms with Crippen LogP contribution in [0.5, 0.6) is 0 Å². The fourth-order valence-corrected chi connectivity index (χ4v) is 3.01. The van der Waals surface area contributed by atoms with Crippen LogP contribution in [0, 0.1) is 6.92 Å². The molecule has 6 nitrogen and oxygen atoms in total. The average molecular weight is 356 g/mol. The van der Waals surface area contributed by atoms with E-state index in [0.29, 0.717) is 0 Å². The van der Waals surface area contributed by atoms with Crippen LogP contribution in [-0.2, 0) is 0 Å². The summed E-state index contributed by atoms with van der Waals surface area (Å²) < 4.78 is 0. The first-order valence-corrected chi connectivity index (χ1v) is 8.89. The zero-order valence-corrected chi connectivity index (χ0v) is 15.3. The third-order valence-corrected chi connectivity index (χ3v) is 4.52. The van der Waals surface area contributed by atoms with Gasteiger partial charge in [-0.2, -0.15) is 0 Å². The number of nitrogens with one attached hydrogen (secondary N) is 1. The lowest BCUT2D eigenvalue weighted by Crippen LogP contribution is -2.12. The Morgan fingerprint density at radius 3 is 2.70 bits per heavy atom. The molecule has 0 amide bonds. The highest BCUT2D eigenvalue weighted by Gasteiger charge is 2.11. The average Bonchev–Trinajstić information content (AvgIpc) is 2.72. The molecule has 3 aromatic heterocycles. The predicted octanol–water partition coefficient (Wildman–Crippen LogP) is 4.01. The molecule has 0 saturated carbocycles. The first-order chi connectivity index (χ1) is 13.2. The summed E-state index contributed by atoms with van der Waals surface area (Å²) in [5.74, 6) is 1.05. The SMILES string of the molecule is Cc1ccc(-c2cc(NC[C@@H](C)c3cccc4nccnc34)ncn2)cn1. The van der Waals surface area contributed by atoms with Gasteiger partial charge < -0.3 is 5.32 Å². The van der Waals surface area contributed by atoms with Crippen molar-refractivity contribution >= 4 is 16.9 Å². The van der Waals surface area contributed by atoms with Crippen LogP contribution in [-0.4, -0.2) is 31.5 Å². The van der Waals surface area contributed by atoms with E-state index in [9.17, 15) is 0 Å². The summed E-state index contributed by atoms with van der Waals surface area (Å²) in [5.41, 5.74) is 5.84. The van der Waals surface area contributed by atoms with E-state index in [4.69, 9.17) is 0 Å². The van der Waals surface area contributed by atoms with Gasteiger partial charge in [-0.3, -0.25) is 15.0 Å². The maximum Gasteiger partial charge on any atom is 0.129 e. The standard InChI is InChI=1S/C21H20N6/c1-14(17-4-3-5-18-21(17)23-9-8-22-18)11-25-20-10-19(26-13-27-20)16-7-6-15(2)24-12-16/h3-10,12-14H,11H2,1-2H3,(H,25,26,27)/t14-/m1/s1. The van der Waals surface area contributed by atoms with E-state index in [-0.39, 0.29) is 5.92 Å².